The van der Waals surface area contributed by atoms with Crippen molar-refractivity contribution in [2.75, 3.05) is 23.8 Å². The average molecular weight is 443 g/mol. The quantitative estimate of drug-likeness (QED) is 0.550. The zero-order valence-electron chi connectivity index (χ0n) is 14.3. The van der Waals surface area contributed by atoms with Crippen LogP contribution in [0.25, 0.3) is 0 Å². The molecule has 2 rings (SSSR count). The highest BCUT2D eigenvalue weighted by molar-refractivity contribution is 6.30. The van der Waals surface area contributed by atoms with E-state index in [0.717, 1.165) is 18.2 Å². The summed E-state index contributed by atoms with van der Waals surface area (Å²) in [5.74, 6) is -0.889. The van der Waals surface area contributed by atoms with Gasteiger partial charge in [-0.2, -0.15) is 26.3 Å². The molecule has 2 N–H and O–H groups in total. The van der Waals surface area contributed by atoms with Crippen molar-refractivity contribution in [1.29, 1.82) is 0 Å². The predicted octanol–water partition coefficient (Wildman–Crippen LogP) is 5.87. The molecule has 2 aromatic carbocycles. The van der Waals surface area contributed by atoms with E-state index in [1.807, 2.05) is 0 Å². The molecule has 12 heteroatoms. The first-order valence-electron chi connectivity index (χ1n) is 7.77. The van der Waals surface area contributed by atoms with Crippen LogP contribution in [0.3, 0.4) is 0 Å². The monoisotopic (exact) mass is 442 g/mol. The number of ether oxygens (including phenoxy) is 2. The Morgan fingerprint density at radius 1 is 0.828 bits per heavy atom. The molecule has 29 heavy (non-hydrogen) atoms. The summed E-state index contributed by atoms with van der Waals surface area (Å²) in [4.78, 5) is 12.0. The van der Waals surface area contributed by atoms with Crippen LogP contribution in [0.15, 0.2) is 42.5 Å². The van der Waals surface area contributed by atoms with E-state index in [9.17, 15) is 31.1 Å². The van der Waals surface area contributed by atoms with Crippen LogP contribution in [0, 0.1) is 0 Å². The van der Waals surface area contributed by atoms with Gasteiger partial charge in [-0.3, -0.25) is 0 Å². The molecule has 0 aliphatic carbocycles. The van der Waals surface area contributed by atoms with Gasteiger partial charge in [0.15, 0.2) is 13.2 Å². The van der Waals surface area contributed by atoms with E-state index in [4.69, 9.17) is 11.6 Å². The van der Waals surface area contributed by atoms with Gasteiger partial charge in [-0.1, -0.05) is 17.7 Å². The molecule has 2 aromatic rings. The molecule has 5 nitrogen and oxygen atoms in total. The second kappa shape index (κ2) is 9.12. The Kier molecular flexibility index (Phi) is 7.07. The van der Waals surface area contributed by atoms with E-state index in [0.29, 0.717) is 10.7 Å². The highest BCUT2D eigenvalue weighted by Gasteiger charge is 2.30. The minimum atomic E-state index is -4.67. The van der Waals surface area contributed by atoms with Crippen molar-refractivity contribution in [2.24, 2.45) is 0 Å². The number of nitrogens with one attached hydrogen (secondary N) is 2. The zero-order valence-corrected chi connectivity index (χ0v) is 15.1. The van der Waals surface area contributed by atoms with Crippen LogP contribution in [0.5, 0.6) is 11.5 Å². The van der Waals surface area contributed by atoms with Crippen LogP contribution in [-0.2, 0) is 0 Å². The molecule has 0 saturated carbocycles. The molecule has 2 amide bonds. The fourth-order valence-corrected chi connectivity index (χ4v) is 2.19. The molecule has 0 radical (unpaired) electrons. The number of alkyl halides is 6. The normalized spacial score (nSPS) is 11.7. The van der Waals surface area contributed by atoms with E-state index in [2.05, 4.69) is 20.1 Å². The topological polar surface area (TPSA) is 59.6 Å². The summed E-state index contributed by atoms with van der Waals surface area (Å²) in [6.45, 7) is -3.35. The highest BCUT2D eigenvalue weighted by Crippen LogP contribution is 2.29. The van der Waals surface area contributed by atoms with Gasteiger partial charge in [0.05, 0.1) is 0 Å². The van der Waals surface area contributed by atoms with E-state index in [-0.39, 0.29) is 5.69 Å². The molecule has 0 heterocycles. The number of amides is 2. The van der Waals surface area contributed by atoms with Crippen LogP contribution in [0.2, 0.25) is 5.02 Å². The third kappa shape index (κ3) is 8.81. The number of carbonyl (C=O) groups excluding carboxylic acids is 1. The Morgan fingerprint density at radius 3 is 1.83 bits per heavy atom. The van der Waals surface area contributed by atoms with Gasteiger partial charge in [0.1, 0.15) is 11.5 Å². The molecular weight excluding hydrogens is 430 g/mol. The van der Waals surface area contributed by atoms with Crippen molar-refractivity contribution in [3.63, 3.8) is 0 Å². The van der Waals surface area contributed by atoms with Gasteiger partial charge < -0.3 is 20.1 Å². The van der Waals surface area contributed by atoms with Gasteiger partial charge in [-0.15, -0.1) is 0 Å². The molecule has 0 bridgehead atoms. The minimum absolute atomic E-state index is 0.152. The number of benzene rings is 2. The van der Waals surface area contributed by atoms with Gasteiger partial charge in [-0.05, 0) is 18.2 Å². The Balaban J connectivity index is 2.15. The first-order valence-corrected chi connectivity index (χ1v) is 8.15. The number of anilines is 2. The summed E-state index contributed by atoms with van der Waals surface area (Å²) < 4.78 is 83.1. The van der Waals surface area contributed by atoms with E-state index >= 15 is 0 Å². The Hall–Kier alpha value is -2.82. The molecular formula is C17H13ClF6N2O3. The summed E-state index contributed by atoms with van der Waals surface area (Å²) >= 11 is 5.78. The summed E-state index contributed by atoms with van der Waals surface area (Å²) in [5.41, 5.74) is 0.161. The highest BCUT2D eigenvalue weighted by atomic mass is 35.5. The lowest BCUT2D eigenvalue weighted by Gasteiger charge is -2.15. The molecule has 158 valence electrons. The van der Waals surface area contributed by atoms with Crippen molar-refractivity contribution in [3.05, 3.63) is 47.5 Å². The Labute approximate surface area is 165 Å². The van der Waals surface area contributed by atoms with Crippen molar-refractivity contribution in [2.45, 2.75) is 12.4 Å². The van der Waals surface area contributed by atoms with E-state index in [1.165, 1.54) is 12.1 Å². The minimum Gasteiger partial charge on any atom is -0.484 e. The second-order valence-corrected chi connectivity index (χ2v) is 6.03. The zero-order chi connectivity index (χ0) is 21.7. The second-order valence-electron chi connectivity index (χ2n) is 5.59. The van der Waals surface area contributed by atoms with Crippen molar-refractivity contribution < 1.29 is 40.6 Å². The maximum Gasteiger partial charge on any atom is 0.422 e. The van der Waals surface area contributed by atoms with Crippen LogP contribution in [-0.4, -0.2) is 31.6 Å². The number of urea groups is 1. The fourth-order valence-electron chi connectivity index (χ4n) is 2.00. The summed E-state index contributed by atoms with van der Waals surface area (Å²) in [7, 11) is 0. The largest absolute Gasteiger partial charge is 0.484 e. The van der Waals surface area contributed by atoms with Crippen molar-refractivity contribution in [3.8, 4) is 11.5 Å². The molecule has 0 aliphatic rings. The lowest BCUT2D eigenvalue weighted by molar-refractivity contribution is -0.153. The Bertz CT molecular complexity index is 822. The van der Waals surface area contributed by atoms with Crippen LogP contribution in [0.1, 0.15) is 0 Å². The average Bonchev–Trinajstić information content (AvgIpc) is 2.57. The number of halogens is 7. The molecule has 0 aliphatic heterocycles. The van der Waals surface area contributed by atoms with Crippen LogP contribution in [0.4, 0.5) is 42.5 Å². The lowest BCUT2D eigenvalue weighted by Crippen LogP contribution is -2.21. The Morgan fingerprint density at radius 2 is 1.34 bits per heavy atom. The summed E-state index contributed by atoms with van der Waals surface area (Å²) in [6.07, 6.45) is -9.33. The molecule has 0 saturated heterocycles. The summed E-state index contributed by atoms with van der Waals surface area (Å²) in [5, 5.41) is 5.02. The molecule has 0 unspecified atom stereocenters. The smallest absolute Gasteiger partial charge is 0.422 e. The van der Waals surface area contributed by atoms with Gasteiger partial charge in [-0.25, -0.2) is 4.79 Å². The lowest BCUT2D eigenvalue weighted by atomic mass is 10.2. The summed E-state index contributed by atoms with van der Waals surface area (Å²) in [6, 6.07) is 8.12. The fraction of sp³-hybridized carbons (Fsp3) is 0.235. The van der Waals surface area contributed by atoms with Gasteiger partial charge in [0, 0.05) is 34.6 Å². The molecule has 0 spiro atoms. The van der Waals surface area contributed by atoms with Crippen LogP contribution < -0.4 is 20.1 Å². The predicted molar refractivity (Wildman–Crippen MR) is 93.6 cm³/mol. The van der Waals surface area contributed by atoms with Crippen molar-refractivity contribution in [1.82, 2.24) is 0 Å². The van der Waals surface area contributed by atoms with E-state index < -0.39 is 43.1 Å². The van der Waals surface area contributed by atoms with Crippen molar-refractivity contribution >= 4 is 29.0 Å². The maximum absolute atomic E-state index is 12.3. The maximum atomic E-state index is 12.3. The molecule has 0 fully saturated rings. The van der Waals surface area contributed by atoms with Crippen LogP contribution >= 0.6 is 11.6 Å². The third-order valence-corrected chi connectivity index (χ3v) is 3.26. The molecule has 0 atom stereocenters. The number of hydrogen-bond donors (Lipinski definition) is 2. The third-order valence-electron chi connectivity index (χ3n) is 3.03. The van der Waals surface area contributed by atoms with Gasteiger partial charge in [0.25, 0.3) is 0 Å². The first-order chi connectivity index (χ1) is 13.4. The first kappa shape index (κ1) is 22.5. The standard InChI is InChI=1S/C17H13ClF6N2O3/c18-10-2-1-3-11(4-10)25-15(27)26-12-5-13(28-8-16(19,20)21)7-14(6-12)29-9-17(22,23)24/h1-7H,8-9H2,(H2,25,26,27). The number of hydrogen-bond acceptors (Lipinski definition) is 3. The van der Waals surface area contributed by atoms with Gasteiger partial charge >= 0.3 is 18.4 Å². The SMILES string of the molecule is O=C(Nc1cccc(Cl)c1)Nc1cc(OCC(F)(F)F)cc(OCC(F)(F)F)c1. The van der Waals surface area contributed by atoms with Gasteiger partial charge in [0.2, 0.25) is 0 Å². The number of carbonyl (C=O) groups is 1. The number of rotatable bonds is 6. The van der Waals surface area contributed by atoms with E-state index in [1.54, 1.807) is 12.1 Å². The molecule has 0 aromatic heterocycles.